The van der Waals surface area contributed by atoms with Gasteiger partial charge in [-0.1, -0.05) is 13.0 Å². The van der Waals surface area contributed by atoms with Crippen molar-refractivity contribution < 1.29 is 4.74 Å². The number of nitrogens with one attached hydrogen (secondary N) is 1. The fourth-order valence-corrected chi connectivity index (χ4v) is 2.60. The molecule has 2 heterocycles. The Balaban J connectivity index is 1.93. The molecular weight excluding hydrogens is 224 g/mol. The quantitative estimate of drug-likeness (QED) is 0.889. The van der Waals surface area contributed by atoms with E-state index in [2.05, 4.69) is 37.1 Å². The van der Waals surface area contributed by atoms with E-state index in [1.165, 1.54) is 5.56 Å². The molecule has 3 heteroatoms. The molecule has 0 aromatic carbocycles. The van der Waals surface area contributed by atoms with Gasteiger partial charge in [-0.15, -0.1) is 0 Å². The molecule has 1 aromatic heterocycles. The fourth-order valence-electron chi connectivity index (χ4n) is 2.60. The molecule has 0 bridgehead atoms. The SMILES string of the molecule is CCC1(C)CC(N[C@@H](C)c2cccnc2)CCO1. The van der Waals surface area contributed by atoms with Gasteiger partial charge in [0, 0.05) is 31.1 Å². The van der Waals surface area contributed by atoms with Crippen LogP contribution >= 0.6 is 0 Å². The summed E-state index contributed by atoms with van der Waals surface area (Å²) in [4.78, 5) is 4.18. The Bertz CT molecular complexity index is 368. The normalized spacial score (nSPS) is 30.1. The lowest BCUT2D eigenvalue weighted by molar-refractivity contribution is -0.0789. The summed E-state index contributed by atoms with van der Waals surface area (Å²) in [7, 11) is 0. The lowest BCUT2D eigenvalue weighted by Crippen LogP contribution is -2.45. The maximum Gasteiger partial charge on any atom is 0.0666 e. The molecule has 1 aliphatic heterocycles. The first-order chi connectivity index (χ1) is 8.63. The van der Waals surface area contributed by atoms with Gasteiger partial charge in [-0.3, -0.25) is 4.98 Å². The smallest absolute Gasteiger partial charge is 0.0666 e. The molecule has 2 rings (SSSR count). The number of nitrogens with zero attached hydrogens (tertiary/aromatic N) is 1. The third-order valence-electron chi connectivity index (χ3n) is 4.01. The molecule has 0 amide bonds. The molecule has 0 aliphatic carbocycles. The highest BCUT2D eigenvalue weighted by molar-refractivity contribution is 5.13. The monoisotopic (exact) mass is 248 g/mol. The summed E-state index contributed by atoms with van der Waals surface area (Å²) in [5.41, 5.74) is 1.30. The summed E-state index contributed by atoms with van der Waals surface area (Å²) in [6.07, 6.45) is 7.02. The van der Waals surface area contributed by atoms with Gasteiger partial charge in [-0.05, 0) is 44.7 Å². The summed E-state index contributed by atoms with van der Waals surface area (Å²) >= 11 is 0. The van der Waals surface area contributed by atoms with Crippen LogP contribution in [-0.2, 0) is 4.74 Å². The average molecular weight is 248 g/mol. The Kier molecular flexibility index (Phi) is 4.36. The fraction of sp³-hybridized carbons (Fsp3) is 0.667. The standard InChI is InChI=1S/C15H24N2O/c1-4-15(3)10-14(7-9-18-15)17-12(2)13-6-5-8-16-11-13/h5-6,8,11-12,14,17H,4,7,9-10H2,1-3H3/t12-,14?,15?/m0/s1. The zero-order valence-corrected chi connectivity index (χ0v) is 11.6. The first-order valence-corrected chi connectivity index (χ1v) is 6.93. The minimum atomic E-state index is 0.0462. The Hall–Kier alpha value is -0.930. The molecule has 2 unspecified atom stereocenters. The van der Waals surface area contributed by atoms with Gasteiger partial charge >= 0.3 is 0 Å². The van der Waals surface area contributed by atoms with Gasteiger partial charge in [0.15, 0.2) is 0 Å². The van der Waals surface area contributed by atoms with E-state index < -0.39 is 0 Å². The van der Waals surface area contributed by atoms with E-state index in [0.717, 1.165) is 25.9 Å². The van der Waals surface area contributed by atoms with Gasteiger partial charge in [0.2, 0.25) is 0 Å². The maximum atomic E-state index is 5.88. The molecule has 0 saturated carbocycles. The van der Waals surface area contributed by atoms with Gasteiger partial charge < -0.3 is 10.1 Å². The van der Waals surface area contributed by atoms with Crippen LogP contribution in [0.3, 0.4) is 0 Å². The van der Waals surface area contributed by atoms with Crippen molar-refractivity contribution in [2.45, 2.75) is 57.7 Å². The van der Waals surface area contributed by atoms with E-state index in [1.54, 1.807) is 0 Å². The number of rotatable bonds is 4. The minimum absolute atomic E-state index is 0.0462. The minimum Gasteiger partial charge on any atom is -0.375 e. The first-order valence-electron chi connectivity index (χ1n) is 6.93. The summed E-state index contributed by atoms with van der Waals surface area (Å²) < 4.78 is 5.88. The van der Waals surface area contributed by atoms with Crippen molar-refractivity contribution in [1.82, 2.24) is 10.3 Å². The van der Waals surface area contributed by atoms with Gasteiger partial charge in [-0.2, -0.15) is 0 Å². The Labute approximate surface area is 110 Å². The average Bonchev–Trinajstić information content (AvgIpc) is 2.40. The number of ether oxygens (including phenoxy) is 1. The van der Waals surface area contributed by atoms with Gasteiger partial charge in [0.25, 0.3) is 0 Å². The van der Waals surface area contributed by atoms with Crippen LogP contribution in [0.15, 0.2) is 24.5 Å². The Morgan fingerprint density at radius 2 is 2.44 bits per heavy atom. The Morgan fingerprint density at radius 1 is 1.61 bits per heavy atom. The van der Waals surface area contributed by atoms with Crippen molar-refractivity contribution in [3.63, 3.8) is 0 Å². The first kappa shape index (κ1) is 13.5. The number of hydrogen-bond donors (Lipinski definition) is 1. The predicted molar refractivity (Wildman–Crippen MR) is 73.5 cm³/mol. The highest BCUT2D eigenvalue weighted by atomic mass is 16.5. The van der Waals surface area contributed by atoms with Crippen LogP contribution < -0.4 is 5.32 Å². The van der Waals surface area contributed by atoms with Crippen molar-refractivity contribution >= 4 is 0 Å². The van der Waals surface area contributed by atoms with Gasteiger partial charge in [0.1, 0.15) is 0 Å². The summed E-state index contributed by atoms with van der Waals surface area (Å²) in [5.74, 6) is 0. The van der Waals surface area contributed by atoms with Crippen molar-refractivity contribution in [3.8, 4) is 0 Å². The van der Waals surface area contributed by atoms with Crippen LogP contribution in [0.5, 0.6) is 0 Å². The second-order valence-corrected chi connectivity index (χ2v) is 5.52. The molecule has 18 heavy (non-hydrogen) atoms. The number of hydrogen-bond acceptors (Lipinski definition) is 3. The number of aromatic nitrogens is 1. The van der Waals surface area contributed by atoms with Crippen molar-refractivity contribution in [2.24, 2.45) is 0 Å². The van der Waals surface area contributed by atoms with Gasteiger partial charge in [0.05, 0.1) is 5.60 Å². The lowest BCUT2D eigenvalue weighted by atomic mass is 9.89. The predicted octanol–water partition coefficient (Wildman–Crippen LogP) is 3.08. The van der Waals surface area contributed by atoms with Crippen molar-refractivity contribution in [1.29, 1.82) is 0 Å². The molecule has 100 valence electrons. The van der Waals surface area contributed by atoms with Gasteiger partial charge in [-0.25, -0.2) is 0 Å². The van der Waals surface area contributed by atoms with E-state index in [0.29, 0.717) is 12.1 Å². The Morgan fingerprint density at radius 3 is 3.11 bits per heavy atom. The van der Waals surface area contributed by atoms with Crippen LogP contribution in [0.25, 0.3) is 0 Å². The molecule has 1 aromatic rings. The van der Waals surface area contributed by atoms with E-state index in [1.807, 2.05) is 18.5 Å². The molecular formula is C15H24N2O. The largest absolute Gasteiger partial charge is 0.375 e. The summed E-state index contributed by atoms with van der Waals surface area (Å²) in [6.45, 7) is 7.49. The molecule has 3 atom stereocenters. The maximum absolute atomic E-state index is 5.88. The summed E-state index contributed by atoms with van der Waals surface area (Å²) in [6, 6.07) is 5.01. The molecule has 0 spiro atoms. The molecule has 3 nitrogen and oxygen atoms in total. The van der Waals surface area contributed by atoms with E-state index >= 15 is 0 Å². The molecule has 0 radical (unpaired) electrons. The second kappa shape index (κ2) is 5.81. The third kappa shape index (κ3) is 3.30. The van der Waals surface area contributed by atoms with Crippen molar-refractivity contribution in [2.75, 3.05) is 6.61 Å². The van der Waals surface area contributed by atoms with E-state index in [9.17, 15) is 0 Å². The molecule has 1 fully saturated rings. The van der Waals surface area contributed by atoms with E-state index in [4.69, 9.17) is 4.74 Å². The van der Waals surface area contributed by atoms with Crippen molar-refractivity contribution in [3.05, 3.63) is 30.1 Å². The molecule has 1 N–H and O–H groups in total. The van der Waals surface area contributed by atoms with Crippen LogP contribution in [0, 0.1) is 0 Å². The zero-order chi connectivity index (χ0) is 13.0. The topological polar surface area (TPSA) is 34.2 Å². The summed E-state index contributed by atoms with van der Waals surface area (Å²) in [5, 5.41) is 3.70. The lowest BCUT2D eigenvalue weighted by Gasteiger charge is -2.39. The van der Waals surface area contributed by atoms with Crippen LogP contribution in [-0.4, -0.2) is 23.2 Å². The van der Waals surface area contributed by atoms with E-state index in [-0.39, 0.29) is 5.60 Å². The molecule has 1 saturated heterocycles. The third-order valence-corrected chi connectivity index (χ3v) is 4.01. The molecule has 1 aliphatic rings. The highest BCUT2D eigenvalue weighted by Crippen LogP contribution is 2.28. The van der Waals surface area contributed by atoms with Crippen LogP contribution in [0.1, 0.15) is 51.6 Å². The second-order valence-electron chi connectivity index (χ2n) is 5.52. The highest BCUT2D eigenvalue weighted by Gasteiger charge is 2.32. The van der Waals surface area contributed by atoms with Crippen LogP contribution in [0.2, 0.25) is 0 Å². The number of pyridine rings is 1. The van der Waals surface area contributed by atoms with Crippen LogP contribution in [0.4, 0.5) is 0 Å². The zero-order valence-electron chi connectivity index (χ0n) is 11.6.